The summed E-state index contributed by atoms with van der Waals surface area (Å²) >= 11 is 1.22. The predicted octanol–water partition coefficient (Wildman–Crippen LogP) is 5.89. The molecule has 1 aliphatic heterocycles. The summed E-state index contributed by atoms with van der Waals surface area (Å²) < 4.78 is 42.5. The van der Waals surface area contributed by atoms with Crippen LogP contribution in [0.5, 0.6) is 5.75 Å². The second kappa shape index (κ2) is 12.3. The summed E-state index contributed by atoms with van der Waals surface area (Å²) in [5, 5.41) is 8.69. The highest BCUT2D eigenvalue weighted by Crippen LogP contribution is 2.35. The Morgan fingerprint density at radius 2 is 1.80 bits per heavy atom. The fourth-order valence-electron chi connectivity index (χ4n) is 4.96. The van der Waals surface area contributed by atoms with Crippen molar-refractivity contribution in [2.45, 2.75) is 32.0 Å². The minimum Gasteiger partial charge on any atom is -0.406 e. The van der Waals surface area contributed by atoms with Crippen LogP contribution in [-0.2, 0) is 17.6 Å². The van der Waals surface area contributed by atoms with Gasteiger partial charge in [-0.3, -0.25) is 9.69 Å². The van der Waals surface area contributed by atoms with Crippen molar-refractivity contribution in [3.05, 3.63) is 89.7 Å². The molecule has 0 atom stereocenters. The van der Waals surface area contributed by atoms with Crippen molar-refractivity contribution < 1.29 is 27.5 Å². The van der Waals surface area contributed by atoms with Crippen LogP contribution in [-0.4, -0.2) is 50.2 Å². The van der Waals surface area contributed by atoms with E-state index >= 15 is 0 Å². The molecule has 0 saturated carbocycles. The Balaban J connectivity index is 1.08. The van der Waals surface area contributed by atoms with E-state index in [1.165, 1.54) is 63.7 Å². The number of alkyl halides is 3. The van der Waals surface area contributed by atoms with Gasteiger partial charge in [-0.1, -0.05) is 48.2 Å². The largest absolute Gasteiger partial charge is 0.573 e. The number of urea groups is 1. The van der Waals surface area contributed by atoms with Gasteiger partial charge >= 0.3 is 12.4 Å². The minimum absolute atomic E-state index is 0.114. The van der Waals surface area contributed by atoms with Crippen LogP contribution in [0.1, 0.15) is 29.5 Å². The number of thioether (sulfide) groups is 1. The first-order valence-corrected chi connectivity index (χ1v) is 14.6. The van der Waals surface area contributed by atoms with E-state index in [0.29, 0.717) is 27.8 Å². The zero-order chi connectivity index (χ0) is 30.7. The van der Waals surface area contributed by atoms with Crippen LogP contribution in [0.3, 0.4) is 0 Å². The second-order valence-electron chi connectivity index (χ2n) is 9.89. The van der Waals surface area contributed by atoms with Gasteiger partial charge in [-0.05, 0) is 72.7 Å². The number of aromatic nitrogens is 3. The van der Waals surface area contributed by atoms with Crippen LogP contribution < -0.4 is 15.1 Å². The van der Waals surface area contributed by atoms with Gasteiger partial charge in [0.2, 0.25) is 5.91 Å². The molecule has 1 aromatic heterocycles. The lowest BCUT2D eigenvalue weighted by Gasteiger charge is -2.24. The van der Waals surface area contributed by atoms with Crippen LogP contribution in [0.15, 0.2) is 83.2 Å². The number of carbonyl (C=O) groups excluding carboxylic acids is 2. The fourth-order valence-corrected chi connectivity index (χ4v) is 5.82. The molecule has 1 aliphatic carbocycles. The first-order chi connectivity index (χ1) is 21.2. The van der Waals surface area contributed by atoms with Gasteiger partial charge in [-0.2, -0.15) is 10.1 Å². The third kappa shape index (κ3) is 6.64. The van der Waals surface area contributed by atoms with Crippen LogP contribution in [0.4, 0.5) is 23.7 Å². The van der Waals surface area contributed by atoms with Crippen LogP contribution in [0, 0.1) is 0 Å². The van der Waals surface area contributed by atoms with E-state index in [9.17, 15) is 22.8 Å². The van der Waals surface area contributed by atoms with Gasteiger partial charge in [0.25, 0.3) is 0 Å². The molecule has 44 heavy (non-hydrogen) atoms. The standard InChI is InChI=1S/C30H24F3N7O3S/c31-30(32,33)43-23-14-12-22(13-15-23)39-18-34-27(38-39)21-10-8-19(9-11-21)16-35-37-28(42)36-29-40(26(41)17-44-29)25-7-3-5-20-4-1-2-6-24(20)25/h3,5,7-16,18H,1-2,4,6,17H2,(H,37,42)/b35-16+,36-29?. The van der Waals surface area contributed by atoms with Gasteiger partial charge in [0.05, 0.1) is 23.3 Å². The van der Waals surface area contributed by atoms with Crippen molar-refractivity contribution in [3.8, 4) is 22.8 Å². The molecule has 1 saturated heterocycles. The number of aliphatic imine (C=N–C) groups is 1. The van der Waals surface area contributed by atoms with E-state index in [1.807, 2.05) is 12.1 Å². The Morgan fingerprint density at radius 3 is 2.57 bits per heavy atom. The molecule has 6 rings (SSSR count). The Kier molecular flexibility index (Phi) is 8.15. The normalized spacial score (nSPS) is 16.0. The Hall–Kier alpha value is -4.98. The van der Waals surface area contributed by atoms with Crippen LogP contribution in [0.25, 0.3) is 17.1 Å². The number of hydrazone groups is 1. The number of nitrogens with one attached hydrogen (secondary N) is 1. The Labute approximate surface area is 253 Å². The van der Waals surface area contributed by atoms with E-state index in [0.717, 1.165) is 36.9 Å². The van der Waals surface area contributed by atoms with E-state index < -0.39 is 12.4 Å². The maximum Gasteiger partial charge on any atom is 0.573 e. The zero-order valence-corrected chi connectivity index (χ0v) is 23.8. The molecule has 3 aromatic carbocycles. The molecule has 2 heterocycles. The van der Waals surface area contributed by atoms with Gasteiger partial charge in [-0.25, -0.2) is 19.9 Å². The first kappa shape index (κ1) is 29.1. The molecule has 3 amide bonds. The topological polar surface area (TPSA) is 114 Å². The van der Waals surface area contributed by atoms with Crippen LogP contribution in [0.2, 0.25) is 0 Å². The molecule has 14 heteroatoms. The monoisotopic (exact) mass is 619 g/mol. The predicted molar refractivity (Wildman–Crippen MR) is 160 cm³/mol. The number of anilines is 1. The van der Waals surface area contributed by atoms with Gasteiger partial charge < -0.3 is 4.74 Å². The molecule has 0 bridgehead atoms. The number of carbonyl (C=O) groups is 2. The van der Waals surface area contributed by atoms with Crippen LogP contribution >= 0.6 is 11.8 Å². The molecule has 1 fully saturated rings. The fraction of sp³-hybridized carbons (Fsp3) is 0.200. The van der Waals surface area contributed by atoms with E-state index in [2.05, 4.69) is 36.4 Å². The van der Waals surface area contributed by atoms with E-state index in [1.54, 1.807) is 24.3 Å². The maximum absolute atomic E-state index is 12.7. The van der Waals surface area contributed by atoms with Crippen molar-refractivity contribution in [2.75, 3.05) is 10.7 Å². The van der Waals surface area contributed by atoms with Gasteiger partial charge in [0.15, 0.2) is 11.0 Å². The second-order valence-corrected chi connectivity index (χ2v) is 10.8. The molecule has 0 unspecified atom stereocenters. The first-order valence-electron chi connectivity index (χ1n) is 13.6. The van der Waals surface area contributed by atoms with Crippen molar-refractivity contribution >= 4 is 40.8 Å². The number of aryl methyl sites for hydroxylation is 1. The van der Waals surface area contributed by atoms with Crippen molar-refractivity contribution in [1.29, 1.82) is 0 Å². The third-order valence-corrected chi connectivity index (χ3v) is 7.87. The molecular formula is C30H24F3N7O3S. The molecule has 4 aromatic rings. The molecule has 0 radical (unpaired) electrons. The summed E-state index contributed by atoms with van der Waals surface area (Å²) in [6.45, 7) is 0. The quantitative estimate of drug-likeness (QED) is 0.213. The number of amidine groups is 1. The van der Waals surface area contributed by atoms with E-state index in [4.69, 9.17) is 0 Å². The third-order valence-electron chi connectivity index (χ3n) is 6.94. The summed E-state index contributed by atoms with van der Waals surface area (Å²) in [6.07, 6.45) is 2.18. The lowest BCUT2D eigenvalue weighted by atomic mass is 9.90. The van der Waals surface area contributed by atoms with Crippen molar-refractivity contribution in [3.63, 3.8) is 0 Å². The number of hydrogen-bond acceptors (Lipinski definition) is 7. The van der Waals surface area contributed by atoms with Gasteiger partial charge in [0, 0.05) is 5.56 Å². The molecule has 10 nitrogen and oxygen atoms in total. The molecule has 0 spiro atoms. The van der Waals surface area contributed by atoms with Crippen molar-refractivity contribution in [1.82, 2.24) is 20.2 Å². The molecular weight excluding hydrogens is 595 g/mol. The number of rotatable bonds is 6. The lowest BCUT2D eigenvalue weighted by Crippen LogP contribution is -2.32. The number of halogens is 3. The number of nitrogens with zero attached hydrogens (tertiary/aromatic N) is 6. The number of hydrogen-bond donors (Lipinski definition) is 1. The highest BCUT2D eigenvalue weighted by molar-refractivity contribution is 8.15. The van der Waals surface area contributed by atoms with E-state index in [-0.39, 0.29) is 17.4 Å². The Bertz CT molecular complexity index is 1750. The number of benzene rings is 3. The molecule has 2 aliphatic rings. The number of amides is 3. The summed E-state index contributed by atoms with van der Waals surface area (Å²) in [5.41, 5.74) is 7.43. The summed E-state index contributed by atoms with van der Waals surface area (Å²) in [4.78, 5) is 35.2. The summed E-state index contributed by atoms with van der Waals surface area (Å²) in [5.74, 6) is 0.169. The maximum atomic E-state index is 12.7. The lowest BCUT2D eigenvalue weighted by molar-refractivity contribution is -0.274. The molecule has 1 N–H and O–H groups in total. The average molecular weight is 620 g/mol. The Morgan fingerprint density at radius 1 is 1.02 bits per heavy atom. The molecule has 224 valence electrons. The summed E-state index contributed by atoms with van der Waals surface area (Å²) in [6, 6.07) is 17.5. The smallest absolute Gasteiger partial charge is 0.406 e. The SMILES string of the molecule is O=C(N=C1SCC(=O)N1c1cccc2c1CCCC2)N/N=C/c1ccc(-c2ncn(-c3ccc(OC(F)(F)F)cc3)n2)cc1. The number of fused-ring (bicyclic) bond motifs is 1. The van der Waals surface area contributed by atoms with Gasteiger partial charge in [0.1, 0.15) is 12.1 Å². The highest BCUT2D eigenvalue weighted by atomic mass is 32.2. The summed E-state index contributed by atoms with van der Waals surface area (Å²) in [7, 11) is 0. The minimum atomic E-state index is -4.76. The number of ether oxygens (including phenoxy) is 1. The van der Waals surface area contributed by atoms with Crippen molar-refractivity contribution in [2.24, 2.45) is 10.1 Å². The highest BCUT2D eigenvalue weighted by Gasteiger charge is 2.33. The van der Waals surface area contributed by atoms with Gasteiger partial charge in [-0.15, -0.1) is 18.3 Å². The average Bonchev–Trinajstić information content (AvgIpc) is 3.64. The zero-order valence-electron chi connectivity index (χ0n) is 23.0.